The molecular formula is C29H39N3O7S. The standard InChI is InChI=1S/C29H39N3O7S/c1-29(2,15-7-16-30)21-32(40(35,36)25-12-10-23(37-3)11-13-25)19-27(33)26(18-22-8-5-4-6-9-22)31-28(34)39-24-14-17-38-20-24/h4-6,8-13,24,26-27,33H,7,14-15,17-21H2,1-3H3,(H,31,34). The molecule has 3 atom stereocenters. The lowest BCUT2D eigenvalue weighted by Gasteiger charge is -2.34. The van der Waals surface area contributed by atoms with Gasteiger partial charge in [-0.05, 0) is 48.1 Å². The van der Waals surface area contributed by atoms with E-state index in [1.54, 1.807) is 12.1 Å². The lowest BCUT2D eigenvalue weighted by atomic mass is 9.88. The Bertz CT molecular complexity index is 1220. The summed E-state index contributed by atoms with van der Waals surface area (Å²) >= 11 is 0. The van der Waals surface area contributed by atoms with Crippen LogP contribution in [0.1, 0.15) is 38.7 Å². The van der Waals surface area contributed by atoms with E-state index in [0.717, 1.165) is 5.56 Å². The van der Waals surface area contributed by atoms with Crippen molar-refractivity contribution in [1.82, 2.24) is 9.62 Å². The number of carbonyl (C=O) groups excluding carboxylic acids is 1. The summed E-state index contributed by atoms with van der Waals surface area (Å²) in [6.07, 6.45) is -0.766. The van der Waals surface area contributed by atoms with Crippen LogP contribution < -0.4 is 10.1 Å². The molecule has 40 heavy (non-hydrogen) atoms. The molecule has 0 aliphatic carbocycles. The number of carbonyl (C=O) groups is 1. The molecule has 0 bridgehead atoms. The van der Waals surface area contributed by atoms with Gasteiger partial charge in [0.05, 0.1) is 43.4 Å². The monoisotopic (exact) mass is 573 g/mol. The molecule has 2 aromatic rings. The first-order valence-corrected chi connectivity index (χ1v) is 14.8. The second kappa shape index (κ2) is 14.5. The van der Waals surface area contributed by atoms with Gasteiger partial charge in [-0.2, -0.15) is 9.57 Å². The molecule has 10 nitrogen and oxygen atoms in total. The minimum atomic E-state index is -4.06. The Balaban J connectivity index is 1.87. The number of hydrogen-bond donors (Lipinski definition) is 2. The number of nitrogens with one attached hydrogen (secondary N) is 1. The van der Waals surface area contributed by atoms with E-state index in [4.69, 9.17) is 19.5 Å². The molecule has 0 aromatic heterocycles. The lowest BCUT2D eigenvalue weighted by molar-refractivity contribution is 0.0625. The van der Waals surface area contributed by atoms with Crippen molar-refractivity contribution in [1.29, 1.82) is 5.26 Å². The Morgan fingerprint density at radius 1 is 1.23 bits per heavy atom. The van der Waals surface area contributed by atoms with Gasteiger partial charge in [-0.15, -0.1) is 0 Å². The van der Waals surface area contributed by atoms with Crippen LogP contribution in [0.2, 0.25) is 0 Å². The van der Waals surface area contributed by atoms with Gasteiger partial charge in [0.15, 0.2) is 0 Å². The van der Waals surface area contributed by atoms with Gasteiger partial charge in [-0.3, -0.25) is 0 Å². The first-order valence-electron chi connectivity index (χ1n) is 13.3. The van der Waals surface area contributed by atoms with Crippen LogP contribution in [-0.4, -0.2) is 75.6 Å². The summed E-state index contributed by atoms with van der Waals surface area (Å²) in [7, 11) is -2.56. The maximum Gasteiger partial charge on any atom is 0.407 e. The highest BCUT2D eigenvalue weighted by Crippen LogP contribution is 2.28. The number of aliphatic hydroxyl groups is 1. The van der Waals surface area contributed by atoms with Crippen molar-refractivity contribution >= 4 is 16.1 Å². The van der Waals surface area contributed by atoms with Crippen LogP contribution in [0, 0.1) is 16.7 Å². The summed E-state index contributed by atoms with van der Waals surface area (Å²) in [5, 5.41) is 23.3. The van der Waals surface area contributed by atoms with Crippen molar-refractivity contribution in [3.05, 3.63) is 60.2 Å². The van der Waals surface area contributed by atoms with Crippen LogP contribution in [0.3, 0.4) is 0 Å². The normalized spacial score (nSPS) is 17.1. The largest absolute Gasteiger partial charge is 0.497 e. The van der Waals surface area contributed by atoms with Crippen LogP contribution >= 0.6 is 0 Å². The topological polar surface area (TPSA) is 138 Å². The third kappa shape index (κ3) is 9.20. The second-order valence-corrected chi connectivity index (χ2v) is 12.6. The molecule has 1 aliphatic rings. The van der Waals surface area contributed by atoms with Crippen molar-refractivity contribution < 1.29 is 32.5 Å². The number of aliphatic hydroxyl groups excluding tert-OH is 1. The minimum Gasteiger partial charge on any atom is -0.497 e. The summed E-state index contributed by atoms with van der Waals surface area (Å²) in [5.41, 5.74) is 0.300. The number of alkyl carbamates (subject to hydrolysis) is 1. The molecule has 1 saturated heterocycles. The number of nitriles is 1. The predicted octanol–water partition coefficient (Wildman–Crippen LogP) is 3.50. The molecule has 11 heteroatoms. The van der Waals surface area contributed by atoms with Gasteiger partial charge < -0.3 is 24.6 Å². The summed E-state index contributed by atoms with van der Waals surface area (Å²) in [6, 6.07) is 16.6. The highest BCUT2D eigenvalue weighted by atomic mass is 32.2. The number of ether oxygens (including phenoxy) is 3. The molecule has 218 valence electrons. The van der Waals surface area contributed by atoms with Gasteiger partial charge in [0.1, 0.15) is 11.9 Å². The zero-order valence-corrected chi connectivity index (χ0v) is 24.1. The van der Waals surface area contributed by atoms with E-state index in [2.05, 4.69) is 11.4 Å². The molecule has 1 fully saturated rings. The highest BCUT2D eigenvalue weighted by Gasteiger charge is 2.35. The van der Waals surface area contributed by atoms with E-state index < -0.39 is 33.7 Å². The number of benzene rings is 2. The van der Waals surface area contributed by atoms with E-state index in [-0.39, 0.29) is 36.9 Å². The van der Waals surface area contributed by atoms with E-state index >= 15 is 0 Å². The zero-order valence-electron chi connectivity index (χ0n) is 23.3. The molecule has 1 aliphatic heterocycles. The Morgan fingerprint density at radius 2 is 1.93 bits per heavy atom. The van der Waals surface area contributed by atoms with Crippen molar-refractivity contribution in [2.75, 3.05) is 33.4 Å². The Morgan fingerprint density at radius 3 is 2.52 bits per heavy atom. The molecule has 0 radical (unpaired) electrons. The number of sulfonamides is 1. The van der Waals surface area contributed by atoms with Crippen LogP contribution in [0.5, 0.6) is 5.75 Å². The summed E-state index contributed by atoms with van der Waals surface area (Å²) < 4.78 is 44.8. The third-order valence-electron chi connectivity index (χ3n) is 6.83. The molecule has 3 unspecified atom stereocenters. The van der Waals surface area contributed by atoms with Crippen LogP contribution in [0.4, 0.5) is 4.79 Å². The Labute approximate surface area is 236 Å². The molecule has 2 N–H and O–H groups in total. The fourth-order valence-corrected chi connectivity index (χ4v) is 6.17. The van der Waals surface area contributed by atoms with Crippen LogP contribution in [-0.2, 0) is 25.9 Å². The van der Waals surface area contributed by atoms with Gasteiger partial charge in [-0.25, -0.2) is 13.2 Å². The van der Waals surface area contributed by atoms with Crippen molar-refractivity contribution in [2.45, 2.75) is 62.7 Å². The average molecular weight is 574 g/mol. The number of amides is 1. The lowest BCUT2D eigenvalue weighted by Crippen LogP contribution is -2.52. The van der Waals surface area contributed by atoms with E-state index in [1.165, 1.54) is 23.5 Å². The number of methoxy groups -OCH3 is 1. The summed E-state index contributed by atoms with van der Waals surface area (Å²) in [5.74, 6) is 0.512. The molecular weight excluding hydrogens is 534 g/mol. The number of rotatable bonds is 14. The van der Waals surface area contributed by atoms with Crippen LogP contribution in [0.25, 0.3) is 0 Å². The molecule has 2 aromatic carbocycles. The van der Waals surface area contributed by atoms with Gasteiger partial charge in [-0.1, -0.05) is 44.2 Å². The molecule has 1 heterocycles. The Hall–Kier alpha value is -3.17. The third-order valence-corrected chi connectivity index (χ3v) is 8.66. The van der Waals surface area contributed by atoms with Crippen molar-refractivity contribution in [3.8, 4) is 11.8 Å². The predicted molar refractivity (Wildman–Crippen MR) is 149 cm³/mol. The van der Waals surface area contributed by atoms with Crippen LogP contribution in [0.15, 0.2) is 59.5 Å². The SMILES string of the molecule is COc1ccc(S(=O)(=O)N(CC(O)C(Cc2ccccc2)NC(=O)OC2CCOC2)CC(C)(C)CCC#N)cc1. The van der Waals surface area contributed by atoms with Gasteiger partial charge in [0.2, 0.25) is 10.0 Å². The quantitative estimate of drug-likeness (QED) is 0.350. The molecule has 0 saturated carbocycles. The number of hydrogen-bond acceptors (Lipinski definition) is 8. The van der Waals surface area contributed by atoms with E-state index in [9.17, 15) is 18.3 Å². The zero-order chi connectivity index (χ0) is 29.2. The van der Waals surface area contributed by atoms with Gasteiger partial charge in [0, 0.05) is 25.9 Å². The first-order chi connectivity index (χ1) is 19.0. The Kier molecular flexibility index (Phi) is 11.3. The van der Waals surface area contributed by atoms with E-state index in [1.807, 2.05) is 44.2 Å². The fraction of sp³-hybridized carbons (Fsp3) is 0.517. The summed E-state index contributed by atoms with van der Waals surface area (Å²) in [4.78, 5) is 12.8. The maximum absolute atomic E-state index is 13.8. The molecule has 1 amide bonds. The van der Waals surface area contributed by atoms with Gasteiger partial charge >= 0.3 is 6.09 Å². The molecule has 3 rings (SSSR count). The fourth-order valence-electron chi connectivity index (χ4n) is 4.52. The smallest absolute Gasteiger partial charge is 0.407 e. The average Bonchev–Trinajstić information content (AvgIpc) is 3.44. The summed E-state index contributed by atoms with van der Waals surface area (Å²) in [6.45, 7) is 4.36. The van der Waals surface area contributed by atoms with E-state index in [0.29, 0.717) is 31.8 Å². The van der Waals surface area contributed by atoms with Crippen molar-refractivity contribution in [3.63, 3.8) is 0 Å². The second-order valence-electron chi connectivity index (χ2n) is 10.7. The molecule has 0 spiro atoms. The van der Waals surface area contributed by atoms with Gasteiger partial charge in [0.25, 0.3) is 0 Å². The first kappa shape index (κ1) is 31.4. The minimum absolute atomic E-state index is 0.0461. The number of nitrogens with zero attached hydrogens (tertiary/aromatic N) is 2. The highest BCUT2D eigenvalue weighted by molar-refractivity contribution is 7.89. The maximum atomic E-state index is 13.8. The van der Waals surface area contributed by atoms with Crippen molar-refractivity contribution in [2.24, 2.45) is 5.41 Å².